The van der Waals surface area contributed by atoms with E-state index >= 15 is 0 Å². The summed E-state index contributed by atoms with van der Waals surface area (Å²) in [6.45, 7) is 2.56. The number of rotatable bonds is 7. The number of imidazole rings is 1. The first-order chi connectivity index (χ1) is 12.9. The lowest BCUT2D eigenvalue weighted by Gasteiger charge is -2.10. The fourth-order valence-corrected chi connectivity index (χ4v) is 3.28. The first-order valence-corrected chi connectivity index (χ1v) is 9.13. The Morgan fingerprint density at radius 2 is 1.38 bits per heavy atom. The Kier molecular flexibility index (Phi) is 5.08. The Hall–Kier alpha value is -2.91. The highest BCUT2D eigenvalue weighted by molar-refractivity contribution is 5.76. The summed E-state index contributed by atoms with van der Waals surface area (Å²) < 4.78 is 2.32. The monoisotopic (exact) mass is 341 g/mol. The summed E-state index contributed by atoms with van der Waals surface area (Å²) in [5.41, 5.74) is 4.90. The van der Waals surface area contributed by atoms with Crippen molar-refractivity contribution in [1.29, 1.82) is 0 Å². The largest absolute Gasteiger partial charge is 0.322 e. The number of hydrogen-bond donors (Lipinski definition) is 1. The number of nitrogens with one attached hydrogen (secondary N) is 1. The summed E-state index contributed by atoms with van der Waals surface area (Å²) in [6.07, 6.45) is 1.03. The highest BCUT2D eigenvalue weighted by Crippen LogP contribution is 2.18. The number of para-hydroxylation sites is 2. The molecule has 1 aromatic heterocycles. The molecule has 0 aliphatic rings. The van der Waals surface area contributed by atoms with Gasteiger partial charge in [0, 0.05) is 6.54 Å². The molecule has 0 amide bonds. The van der Waals surface area contributed by atoms with E-state index in [2.05, 4.69) is 94.8 Å². The lowest BCUT2D eigenvalue weighted by molar-refractivity contribution is 0.628. The van der Waals surface area contributed by atoms with E-state index in [4.69, 9.17) is 4.98 Å². The standard InChI is InChI=1S/C23H23N3/c1-3-9-19(10-4-1)15-16-24-17-23-25-21-13-7-8-14-22(21)26(23)18-20-11-5-2-6-12-20/h1-14,24H,15-18H2. The number of nitrogens with zero attached hydrogens (tertiary/aromatic N) is 2. The van der Waals surface area contributed by atoms with Gasteiger partial charge in [0.15, 0.2) is 0 Å². The molecule has 4 rings (SSSR count). The van der Waals surface area contributed by atoms with E-state index in [0.29, 0.717) is 0 Å². The highest BCUT2D eigenvalue weighted by Gasteiger charge is 2.10. The van der Waals surface area contributed by atoms with E-state index in [0.717, 1.165) is 37.4 Å². The van der Waals surface area contributed by atoms with Crippen molar-refractivity contribution in [2.24, 2.45) is 0 Å². The van der Waals surface area contributed by atoms with E-state index in [9.17, 15) is 0 Å². The minimum atomic E-state index is 0.772. The topological polar surface area (TPSA) is 29.9 Å². The Bertz CT molecular complexity index is 959. The third-order valence-corrected chi connectivity index (χ3v) is 4.63. The second kappa shape index (κ2) is 7.98. The molecule has 130 valence electrons. The Morgan fingerprint density at radius 1 is 0.731 bits per heavy atom. The van der Waals surface area contributed by atoms with E-state index in [1.807, 2.05) is 0 Å². The van der Waals surface area contributed by atoms with Crippen LogP contribution in [0.15, 0.2) is 84.9 Å². The van der Waals surface area contributed by atoms with Gasteiger partial charge in [-0.15, -0.1) is 0 Å². The van der Waals surface area contributed by atoms with Crippen molar-refractivity contribution in [3.05, 3.63) is 102 Å². The molecular formula is C23H23N3. The van der Waals surface area contributed by atoms with Gasteiger partial charge in [0.1, 0.15) is 5.82 Å². The van der Waals surface area contributed by atoms with Gasteiger partial charge in [0.25, 0.3) is 0 Å². The fraction of sp³-hybridized carbons (Fsp3) is 0.174. The summed E-state index contributed by atoms with van der Waals surface area (Å²) in [5.74, 6) is 1.09. The third-order valence-electron chi connectivity index (χ3n) is 4.63. The molecule has 0 aliphatic carbocycles. The maximum atomic E-state index is 4.85. The molecule has 26 heavy (non-hydrogen) atoms. The van der Waals surface area contributed by atoms with Crippen LogP contribution >= 0.6 is 0 Å². The normalized spacial score (nSPS) is 11.1. The summed E-state index contributed by atoms with van der Waals surface area (Å²) in [5, 5.41) is 3.55. The Morgan fingerprint density at radius 3 is 2.15 bits per heavy atom. The second-order valence-corrected chi connectivity index (χ2v) is 6.50. The maximum Gasteiger partial charge on any atom is 0.124 e. The molecule has 0 aliphatic heterocycles. The van der Waals surface area contributed by atoms with Crippen LogP contribution in [0.5, 0.6) is 0 Å². The van der Waals surface area contributed by atoms with Crippen molar-refractivity contribution in [1.82, 2.24) is 14.9 Å². The highest BCUT2D eigenvalue weighted by atomic mass is 15.1. The van der Waals surface area contributed by atoms with Crippen LogP contribution in [-0.2, 0) is 19.5 Å². The van der Waals surface area contributed by atoms with Gasteiger partial charge in [0.05, 0.1) is 17.6 Å². The number of aromatic nitrogens is 2. The SMILES string of the molecule is c1ccc(CCNCc2nc3ccccc3n2Cc2ccccc2)cc1. The van der Waals surface area contributed by atoms with Crippen LogP contribution in [-0.4, -0.2) is 16.1 Å². The fourth-order valence-electron chi connectivity index (χ4n) is 3.28. The summed E-state index contributed by atoms with van der Waals surface area (Å²) in [7, 11) is 0. The van der Waals surface area contributed by atoms with Crippen LogP contribution < -0.4 is 5.32 Å². The van der Waals surface area contributed by atoms with Crippen molar-refractivity contribution in [2.75, 3.05) is 6.54 Å². The molecule has 0 atom stereocenters. The lowest BCUT2D eigenvalue weighted by Crippen LogP contribution is -2.20. The molecular weight excluding hydrogens is 318 g/mol. The van der Waals surface area contributed by atoms with E-state index in [1.54, 1.807) is 0 Å². The van der Waals surface area contributed by atoms with Gasteiger partial charge in [0.2, 0.25) is 0 Å². The van der Waals surface area contributed by atoms with E-state index in [-0.39, 0.29) is 0 Å². The zero-order chi connectivity index (χ0) is 17.6. The van der Waals surface area contributed by atoms with Crippen LogP contribution in [0, 0.1) is 0 Å². The molecule has 3 nitrogen and oxygen atoms in total. The predicted molar refractivity (Wildman–Crippen MR) is 107 cm³/mol. The van der Waals surface area contributed by atoms with Gasteiger partial charge >= 0.3 is 0 Å². The van der Waals surface area contributed by atoms with E-state index in [1.165, 1.54) is 16.6 Å². The zero-order valence-electron chi connectivity index (χ0n) is 14.8. The molecule has 3 heteroatoms. The first-order valence-electron chi connectivity index (χ1n) is 9.13. The minimum Gasteiger partial charge on any atom is -0.322 e. The summed E-state index contributed by atoms with van der Waals surface area (Å²) in [6, 6.07) is 29.5. The van der Waals surface area contributed by atoms with Crippen molar-refractivity contribution in [2.45, 2.75) is 19.5 Å². The molecule has 0 fully saturated rings. The van der Waals surface area contributed by atoms with Crippen molar-refractivity contribution in [3.63, 3.8) is 0 Å². The summed E-state index contributed by atoms with van der Waals surface area (Å²) >= 11 is 0. The number of benzene rings is 3. The van der Waals surface area contributed by atoms with Gasteiger partial charge in [-0.1, -0.05) is 72.8 Å². The second-order valence-electron chi connectivity index (χ2n) is 6.50. The van der Waals surface area contributed by atoms with Gasteiger partial charge in [-0.05, 0) is 36.2 Å². The third kappa shape index (κ3) is 3.84. The zero-order valence-corrected chi connectivity index (χ0v) is 14.8. The smallest absolute Gasteiger partial charge is 0.124 e. The Balaban J connectivity index is 1.49. The van der Waals surface area contributed by atoms with Crippen LogP contribution in [0.3, 0.4) is 0 Å². The maximum absolute atomic E-state index is 4.85. The van der Waals surface area contributed by atoms with Crippen molar-refractivity contribution in [3.8, 4) is 0 Å². The number of fused-ring (bicyclic) bond motifs is 1. The molecule has 0 radical (unpaired) electrons. The molecule has 0 saturated carbocycles. The van der Waals surface area contributed by atoms with Crippen LogP contribution in [0.1, 0.15) is 17.0 Å². The average molecular weight is 341 g/mol. The molecule has 1 heterocycles. The molecule has 4 aromatic rings. The molecule has 3 aromatic carbocycles. The molecule has 0 saturated heterocycles. The van der Waals surface area contributed by atoms with Crippen LogP contribution in [0.2, 0.25) is 0 Å². The quantitative estimate of drug-likeness (QED) is 0.504. The Labute approximate surface area is 154 Å². The minimum absolute atomic E-state index is 0.772. The molecule has 0 bridgehead atoms. The predicted octanol–water partition coefficient (Wildman–Crippen LogP) is 4.42. The van der Waals surface area contributed by atoms with Crippen molar-refractivity contribution >= 4 is 11.0 Å². The van der Waals surface area contributed by atoms with Crippen LogP contribution in [0.25, 0.3) is 11.0 Å². The number of hydrogen-bond acceptors (Lipinski definition) is 2. The van der Waals surface area contributed by atoms with Gasteiger partial charge in [-0.2, -0.15) is 0 Å². The summed E-state index contributed by atoms with van der Waals surface area (Å²) in [4.78, 5) is 4.85. The first kappa shape index (κ1) is 16.6. The van der Waals surface area contributed by atoms with Crippen LogP contribution in [0.4, 0.5) is 0 Å². The van der Waals surface area contributed by atoms with Crippen molar-refractivity contribution < 1.29 is 0 Å². The molecule has 1 N–H and O–H groups in total. The van der Waals surface area contributed by atoms with Gasteiger partial charge < -0.3 is 9.88 Å². The van der Waals surface area contributed by atoms with Gasteiger partial charge in [-0.3, -0.25) is 0 Å². The lowest BCUT2D eigenvalue weighted by atomic mass is 10.1. The molecule has 0 spiro atoms. The van der Waals surface area contributed by atoms with E-state index < -0.39 is 0 Å². The molecule has 0 unspecified atom stereocenters. The average Bonchev–Trinajstić information content (AvgIpc) is 3.04. The van der Waals surface area contributed by atoms with Gasteiger partial charge in [-0.25, -0.2) is 4.98 Å².